The van der Waals surface area contributed by atoms with Gasteiger partial charge in [0.15, 0.2) is 0 Å². The monoisotopic (exact) mass is 277 g/mol. The van der Waals surface area contributed by atoms with Crippen molar-refractivity contribution in [2.45, 2.75) is 45.3 Å². The highest BCUT2D eigenvalue weighted by atomic mass is 16.6. The van der Waals surface area contributed by atoms with Gasteiger partial charge in [0.1, 0.15) is 11.4 Å². The Balaban J connectivity index is 2.21. The van der Waals surface area contributed by atoms with E-state index in [-0.39, 0.29) is 12.1 Å². The minimum atomic E-state index is -0.467. The first kappa shape index (κ1) is 14.7. The zero-order valence-corrected chi connectivity index (χ0v) is 12.7. The summed E-state index contributed by atoms with van der Waals surface area (Å²) < 4.78 is 10.9. The molecule has 0 radical (unpaired) electrons. The standard InChI is InChI=1S/C16H23NO3/c1-16(2,3)20-15(18)17-11-7-9-13(17)12-8-5-6-10-14(12)19-4/h5-6,8,10,13H,7,9,11H2,1-4H3/t13-/m0/s1. The molecule has 1 fully saturated rings. The summed E-state index contributed by atoms with van der Waals surface area (Å²) in [5.74, 6) is 0.827. The fourth-order valence-electron chi connectivity index (χ4n) is 2.57. The van der Waals surface area contributed by atoms with Gasteiger partial charge in [-0.3, -0.25) is 0 Å². The van der Waals surface area contributed by atoms with Gasteiger partial charge in [0.2, 0.25) is 0 Å². The fraction of sp³-hybridized carbons (Fsp3) is 0.562. The van der Waals surface area contributed by atoms with Crippen molar-refractivity contribution in [3.8, 4) is 5.75 Å². The van der Waals surface area contributed by atoms with Crippen molar-refractivity contribution in [1.29, 1.82) is 0 Å². The van der Waals surface area contributed by atoms with Crippen LogP contribution in [0.25, 0.3) is 0 Å². The molecule has 0 N–H and O–H groups in total. The molecule has 2 rings (SSSR count). The number of ether oxygens (including phenoxy) is 2. The molecule has 20 heavy (non-hydrogen) atoms. The highest BCUT2D eigenvalue weighted by Gasteiger charge is 2.34. The molecule has 0 unspecified atom stereocenters. The van der Waals surface area contributed by atoms with Crippen LogP contribution < -0.4 is 4.74 Å². The third kappa shape index (κ3) is 3.24. The quantitative estimate of drug-likeness (QED) is 0.826. The number of methoxy groups -OCH3 is 1. The molecule has 4 heteroatoms. The van der Waals surface area contributed by atoms with E-state index in [0.29, 0.717) is 0 Å². The number of para-hydroxylation sites is 1. The molecular weight excluding hydrogens is 254 g/mol. The van der Waals surface area contributed by atoms with Crippen LogP contribution in [0, 0.1) is 0 Å². The number of likely N-dealkylation sites (tertiary alicyclic amines) is 1. The predicted molar refractivity (Wildman–Crippen MR) is 77.9 cm³/mol. The Kier molecular flexibility index (Phi) is 4.21. The Bertz CT molecular complexity index is 479. The minimum Gasteiger partial charge on any atom is -0.496 e. The molecule has 1 heterocycles. The number of hydrogen-bond acceptors (Lipinski definition) is 3. The topological polar surface area (TPSA) is 38.8 Å². The Labute approximate surface area is 120 Å². The van der Waals surface area contributed by atoms with Crippen LogP contribution in [0.2, 0.25) is 0 Å². The van der Waals surface area contributed by atoms with Crippen molar-refractivity contribution < 1.29 is 14.3 Å². The zero-order chi connectivity index (χ0) is 14.8. The molecule has 110 valence electrons. The number of hydrogen-bond donors (Lipinski definition) is 0. The summed E-state index contributed by atoms with van der Waals surface area (Å²) in [6, 6.07) is 7.91. The summed E-state index contributed by atoms with van der Waals surface area (Å²) in [5.41, 5.74) is 0.587. The van der Waals surface area contributed by atoms with Gasteiger partial charge in [-0.05, 0) is 39.7 Å². The summed E-state index contributed by atoms with van der Waals surface area (Å²) in [6.07, 6.45) is 1.69. The molecule has 1 saturated heterocycles. The van der Waals surface area contributed by atoms with E-state index in [1.54, 1.807) is 7.11 Å². The van der Waals surface area contributed by atoms with Crippen LogP contribution in [0.5, 0.6) is 5.75 Å². The van der Waals surface area contributed by atoms with E-state index in [0.717, 1.165) is 30.7 Å². The SMILES string of the molecule is COc1ccccc1[C@@H]1CCCN1C(=O)OC(C)(C)C. The van der Waals surface area contributed by atoms with Gasteiger partial charge in [-0.25, -0.2) is 4.79 Å². The van der Waals surface area contributed by atoms with E-state index < -0.39 is 5.60 Å². The maximum absolute atomic E-state index is 12.3. The lowest BCUT2D eigenvalue weighted by atomic mass is 10.0. The number of amides is 1. The average Bonchev–Trinajstić information content (AvgIpc) is 2.85. The maximum atomic E-state index is 12.3. The molecule has 1 aromatic rings. The molecule has 0 spiro atoms. The molecule has 0 bridgehead atoms. The first-order chi connectivity index (χ1) is 9.42. The van der Waals surface area contributed by atoms with Crippen LogP contribution in [0.3, 0.4) is 0 Å². The van der Waals surface area contributed by atoms with Crippen LogP contribution in [-0.2, 0) is 4.74 Å². The number of rotatable bonds is 2. The van der Waals surface area contributed by atoms with Gasteiger partial charge in [-0.15, -0.1) is 0 Å². The third-order valence-electron chi connectivity index (χ3n) is 3.38. The molecule has 1 aliphatic heterocycles. The smallest absolute Gasteiger partial charge is 0.410 e. The number of nitrogens with zero attached hydrogens (tertiary/aromatic N) is 1. The summed E-state index contributed by atoms with van der Waals surface area (Å²) in [7, 11) is 1.66. The van der Waals surface area contributed by atoms with Gasteiger partial charge in [0.25, 0.3) is 0 Å². The van der Waals surface area contributed by atoms with E-state index in [1.165, 1.54) is 0 Å². The lowest BCUT2D eigenvalue weighted by Gasteiger charge is -2.29. The first-order valence-corrected chi connectivity index (χ1v) is 7.05. The summed E-state index contributed by atoms with van der Waals surface area (Å²) in [4.78, 5) is 14.1. The van der Waals surface area contributed by atoms with E-state index >= 15 is 0 Å². The molecule has 0 aliphatic carbocycles. The van der Waals surface area contributed by atoms with Gasteiger partial charge in [-0.1, -0.05) is 18.2 Å². The molecule has 1 aliphatic rings. The molecule has 0 aromatic heterocycles. The largest absolute Gasteiger partial charge is 0.496 e. The highest BCUT2D eigenvalue weighted by Crippen LogP contribution is 2.37. The van der Waals surface area contributed by atoms with Crippen molar-refractivity contribution in [3.63, 3.8) is 0 Å². The number of carbonyl (C=O) groups excluding carboxylic acids is 1. The van der Waals surface area contributed by atoms with Crippen molar-refractivity contribution in [3.05, 3.63) is 29.8 Å². The Morgan fingerprint density at radius 2 is 2.00 bits per heavy atom. The van der Waals surface area contributed by atoms with Crippen molar-refractivity contribution in [2.24, 2.45) is 0 Å². The summed E-state index contributed by atoms with van der Waals surface area (Å²) in [6.45, 7) is 6.40. The molecular formula is C16H23NO3. The Morgan fingerprint density at radius 3 is 2.65 bits per heavy atom. The molecule has 1 atom stereocenters. The second-order valence-electron chi connectivity index (χ2n) is 6.07. The van der Waals surface area contributed by atoms with E-state index in [1.807, 2.05) is 49.9 Å². The highest BCUT2D eigenvalue weighted by molar-refractivity contribution is 5.69. The van der Waals surface area contributed by atoms with Crippen LogP contribution in [0.15, 0.2) is 24.3 Å². The fourth-order valence-corrected chi connectivity index (χ4v) is 2.57. The van der Waals surface area contributed by atoms with Crippen molar-refractivity contribution in [1.82, 2.24) is 4.90 Å². The summed E-state index contributed by atoms with van der Waals surface area (Å²) >= 11 is 0. The molecule has 0 saturated carbocycles. The van der Waals surface area contributed by atoms with Gasteiger partial charge < -0.3 is 14.4 Å². The van der Waals surface area contributed by atoms with Crippen LogP contribution >= 0.6 is 0 Å². The second kappa shape index (κ2) is 5.73. The average molecular weight is 277 g/mol. The van der Waals surface area contributed by atoms with E-state index in [2.05, 4.69) is 0 Å². The van der Waals surface area contributed by atoms with Crippen LogP contribution in [-0.4, -0.2) is 30.2 Å². The van der Waals surface area contributed by atoms with Gasteiger partial charge in [-0.2, -0.15) is 0 Å². The summed E-state index contributed by atoms with van der Waals surface area (Å²) in [5, 5.41) is 0. The second-order valence-corrected chi connectivity index (χ2v) is 6.07. The molecule has 1 amide bonds. The minimum absolute atomic E-state index is 0.0426. The lowest BCUT2D eigenvalue weighted by Crippen LogP contribution is -2.36. The van der Waals surface area contributed by atoms with Crippen molar-refractivity contribution >= 4 is 6.09 Å². The van der Waals surface area contributed by atoms with Gasteiger partial charge in [0.05, 0.1) is 13.2 Å². The Hall–Kier alpha value is -1.71. The predicted octanol–water partition coefficient (Wildman–Crippen LogP) is 3.77. The first-order valence-electron chi connectivity index (χ1n) is 7.05. The van der Waals surface area contributed by atoms with Crippen molar-refractivity contribution in [2.75, 3.05) is 13.7 Å². The van der Waals surface area contributed by atoms with E-state index in [4.69, 9.17) is 9.47 Å². The lowest BCUT2D eigenvalue weighted by molar-refractivity contribution is 0.0223. The van der Waals surface area contributed by atoms with Gasteiger partial charge in [0, 0.05) is 12.1 Å². The number of carbonyl (C=O) groups is 1. The van der Waals surface area contributed by atoms with E-state index in [9.17, 15) is 4.79 Å². The Morgan fingerprint density at radius 1 is 1.30 bits per heavy atom. The van der Waals surface area contributed by atoms with Crippen LogP contribution in [0.1, 0.15) is 45.2 Å². The third-order valence-corrected chi connectivity index (χ3v) is 3.38. The molecule has 1 aromatic carbocycles. The van der Waals surface area contributed by atoms with Crippen LogP contribution in [0.4, 0.5) is 4.79 Å². The van der Waals surface area contributed by atoms with Gasteiger partial charge >= 0.3 is 6.09 Å². The normalized spacial score (nSPS) is 19.0. The molecule has 4 nitrogen and oxygen atoms in total. The zero-order valence-electron chi connectivity index (χ0n) is 12.7. The maximum Gasteiger partial charge on any atom is 0.410 e. The number of benzene rings is 1.